The van der Waals surface area contributed by atoms with Crippen LogP contribution in [-0.2, 0) is 0 Å². The minimum atomic E-state index is -0.314. The molecule has 3 nitrogen and oxygen atoms in total. The molecule has 0 bridgehead atoms. The number of aliphatic imine (C=N–C) groups is 1. The van der Waals surface area contributed by atoms with Crippen molar-refractivity contribution in [2.24, 2.45) is 4.99 Å². The van der Waals surface area contributed by atoms with Crippen LogP contribution in [0.1, 0.15) is 19.8 Å². The molecule has 0 aromatic heterocycles. The quantitative estimate of drug-likeness (QED) is 0.907. The van der Waals surface area contributed by atoms with Gasteiger partial charge in [-0.2, -0.15) is 0 Å². The van der Waals surface area contributed by atoms with Crippen LogP contribution in [-0.4, -0.2) is 24.1 Å². The second-order valence-corrected chi connectivity index (χ2v) is 5.47. The van der Waals surface area contributed by atoms with E-state index >= 15 is 0 Å². The van der Waals surface area contributed by atoms with E-state index in [-0.39, 0.29) is 5.82 Å². The molecule has 2 rings (SSSR count). The van der Waals surface area contributed by atoms with Gasteiger partial charge in [-0.15, -0.1) is 0 Å². The molecule has 1 N–H and O–H groups in total. The van der Waals surface area contributed by atoms with E-state index in [4.69, 9.17) is 4.74 Å². The van der Waals surface area contributed by atoms with Gasteiger partial charge in [0, 0.05) is 23.1 Å². The van der Waals surface area contributed by atoms with E-state index in [0.717, 1.165) is 24.6 Å². The van der Waals surface area contributed by atoms with Gasteiger partial charge < -0.3 is 10.1 Å². The number of nitrogens with zero attached hydrogens (tertiary/aromatic N) is 1. The topological polar surface area (TPSA) is 33.6 Å². The first-order chi connectivity index (χ1) is 8.71. The van der Waals surface area contributed by atoms with Crippen LogP contribution >= 0.6 is 11.8 Å². The maximum absolute atomic E-state index is 13.3. The van der Waals surface area contributed by atoms with Gasteiger partial charge in [-0.1, -0.05) is 25.1 Å². The molecular formula is C13H17FN2OS. The number of amidine groups is 1. The summed E-state index contributed by atoms with van der Waals surface area (Å²) in [5.74, 6) is 0.191. The van der Waals surface area contributed by atoms with Gasteiger partial charge in [0.15, 0.2) is 5.17 Å². The zero-order valence-corrected chi connectivity index (χ0v) is 11.4. The SMILES string of the molecule is CCCC1CN=C(Nc2cc(F)cc(OC)c2)S1. The van der Waals surface area contributed by atoms with Crippen LogP contribution in [0.5, 0.6) is 5.75 Å². The monoisotopic (exact) mass is 268 g/mol. The standard InChI is InChI=1S/C13H17FN2OS/c1-3-4-12-8-15-13(18-12)16-10-5-9(14)6-11(7-10)17-2/h5-7,12H,3-4,8H2,1-2H3,(H,15,16). The summed E-state index contributed by atoms with van der Waals surface area (Å²) in [7, 11) is 1.53. The lowest BCUT2D eigenvalue weighted by atomic mass is 10.2. The van der Waals surface area contributed by atoms with Gasteiger partial charge in [-0.05, 0) is 12.5 Å². The van der Waals surface area contributed by atoms with Crippen molar-refractivity contribution in [2.75, 3.05) is 19.0 Å². The average molecular weight is 268 g/mol. The van der Waals surface area contributed by atoms with Crippen molar-refractivity contribution in [1.29, 1.82) is 0 Å². The Morgan fingerprint density at radius 1 is 1.50 bits per heavy atom. The highest BCUT2D eigenvalue weighted by Gasteiger charge is 2.18. The summed E-state index contributed by atoms with van der Waals surface area (Å²) in [6.45, 7) is 3.01. The number of halogens is 1. The highest BCUT2D eigenvalue weighted by atomic mass is 32.2. The molecule has 1 heterocycles. The minimum absolute atomic E-state index is 0.314. The lowest BCUT2D eigenvalue weighted by Crippen LogP contribution is -2.07. The zero-order chi connectivity index (χ0) is 13.0. The average Bonchev–Trinajstić information content (AvgIpc) is 2.76. The smallest absolute Gasteiger partial charge is 0.161 e. The first-order valence-corrected chi connectivity index (χ1v) is 6.92. The molecule has 98 valence electrons. The summed E-state index contributed by atoms with van der Waals surface area (Å²) in [6.07, 6.45) is 2.32. The first kappa shape index (κ1) is 13.2. The summed E-state index contributed by atoms with van der Waals surface area (Å²) >= 11 is 1.73. The fourth-order valence-electron chi connectivity index (χ4n) is 1.83. The summed E-state index contributed by atoms with van der Waals surface area (Å²) in [4.78, 5) is 4.42. The van der Waals surface area contributed by atoms with E-state index in [2.05, 4.69) is 17.2 Å². The number of nitrogens with one attached hydrogen (secondary N) is 1. The highest BCUT2D eigenvalue weighted by Crippen LogP contribution is 2.27. The molecule has 1 aromatic rings. The van der Waals surface area contributed by atoms with Crippen LogP contribution in [0.2, 0.25) is 0 Å². The van der Waals surface area contributed by atoms with Crippen LogP contribution in [0.25, 0.3) is 0 Å². The lowest BCUT2D eigenvalue weighted by molar-refractivity contribution is 0.411. The number of methoxy groups -OCH3 is 1. The van der Waals surface area contributed by atoms with Gasteiger partial charge in [-0.3, -0.25) is 4.99 Å². The molecule has 1 atom stereocenters. The molecule has 18 heavy (non-hydrogen) atoms. The fraction of sp³-hybridized carbons (Fsp3) is 0.462. The molecule has 0 radical (unpaired) electrons. The van der Waals surface area contributed by atoms with E-state index in [9.17, 15) is 4.39 Å². The van der Waals surface area contributed by atoms with Crippen LogP contribution < -0.4 is 10.1 Å². The number of hydrogen-bond donors (Lipinski definition) is 1. The van der Waals surface area contributed by atoms with Gasteiger partial charge in [0.05, 0.1) is 13.7 Å². The molecule has 1 aliphatic heterocycles. The van der Waals surface area contributed by atoms with E-state index < -0.39 is 0 Å². The van der Waals surface area contributed by atoms with Crippen molar-refractivity contribution in [3.05, 3.63) is 24.0 Å². The Hall–Kier alpha value is -1.23. The van der Waals surface area contributed by atoms with Crippen molar-refractivity contribution in [2.45, 2.75) is 25.0 Å². The minimum Gasteiger partial charge on any atom is -0.497 e. The van der Waals surface area contributed by atoms with Crippen molar-refractivity contribution >= 4 is 22.6 Å². The largest absolute Gasteiger partial charge is 0.497 e. The Balaban J connectivity index is 2.00. The van der Waals surface area contributed by atoms with E-state index in [1.165, 1.54) is 19.2 Å². The Kier molecular flexibility index (Phi) is 4.47. The van der Waals surface area contributed by atoms with Crippen molar-refractivity contribution < 1.29 is 9.13 Å². The third kappa shape index (κ3) is 3.38. The molecule has 0 spiro atoms. The lowest BCUT2D eigenvalue weighted by Gasteiger charge is -2.09. The molecular weight excluding hydrogens is 251 g/mol. The third-order valence-electron chi connectivity index (χ3n) is 2.69. The molecule has 0 saturated carbocycles. The van der Waals surface area contributed by atoms with Crippen molar-refractivity contribution in [3.63, 3.8) is 0 Å². The predicted octanol–water partition coefficient (Wildman–Crippen LogP) is 3.52. The number of rotatable bonds is 4. The fourth-order valence-corrected chi connectivity index (χ4v) is 2.98. The summed E-state index contributed by atoms with van der Waals surface area (Å²) < 4.78 is 18.4. The highest BCUT2D eigenvalue weighted by molar-refractivity contribution is 8.15. The summed E-state index contributed by atoms with van der Waals surface area (Å²) in [6, 6.07) is 4.56. The maximum atomic E-state index is 13.3. The van der Waals surface area contributed by atoms with Crippen LogP contribution in [0.3, 0.4) is 0 Å². The first-order valence-electron chi connectivity index (χ1n) is 6.04. The van der Waals surface area contributed by atoms with Crippen molar-refractivity contribution in [1.82, 2.24) is 0 Å². The van der Waals surface area contributed by atoms with Gasteiger partial charge in [-0.25, -0.2) is 4.39 Å². The second-order valence-electron chi connectivity index (χ2n) is 4.18. The zero-order valence-electron chi connectivity index (χ0n) is 10.6. The van der Waals surface area contributed by atoms with Crippen LogP contribution in [0.4, 0.5) is 10.1 Å². The number of hydrogen-bond acceptors (Lipinski definition) is 4. The molecule has 1 aliphatic rings. The Bertz CT molecular complexity index is 451. The number of benzene rings is 1. The number of ether oxygens (including phenoxy) is 1. The van der Waals surface area contributed by atoms with Gasteiger partial charge >= 0.3 is 0 Å². The maximum Gasteiger partial charge on any atom is 0.161 e. The molecule has 0 amide bonds. The molecule has 0 aliphatic carbocycles. The Morgan fingerprint density at radius 2 is 2.33 bits per heavy atom. The molecule has 1 unspecified atom stereocenters. The van der Waals surface area contributed by atoms with E-state index in [1.807, 2.05) is 0 Å². The van der Waals surface area contributed by atoms with E-state index in [1.54, 1.807) is 17.8 Å². The van der Waals surface area contributed by atoms with Crippen LogP contribution in [0.15, 0.2) is 23.2 Å². The Morgan fingerprint density at radius 3 is 3.06 bits per heavy atom. The summed E-state index contributed by atoms with van der Waals surface area (Å²) in [5, 5.41) is 4.55. The van der Waals surface area contributed by atoms with Gasteiger partial charge in [0.2, 0.25) is 0 Å². The molecule has 0 saturated heterocycles. The normalized spacial score (nSPS) is 18.6. The van der Waals surface area contributed by atoms with Crippen LogP contribution in [0, 0.1) is 5.82 Å². The molecule has 1 aromatic carbocycles. The molecule has 5 heteroatoms. The number of thioether (sulfide) groups is 1. The van der Waals surface area contributed by atoms with E-state index in [0.29, 0.717) is 16.7 Å². The second kappa shape index (κ2) is 6.09. The Labute approximate surface area is 111 Å². The third-order valence-corrected chi connectivity index (χ3v) is 3.86. The van der Waals surface area contributed by atoms with Crippen molar-refractivity contribution in [3.8, 4) is 5.75 Å². The molecule has 0 fully saturated rings. The number of anilines is 1. The predicted molar refractivity (Wildman–Crippen MR) is 75.2 cm³/mol. The van der Waals surface area contributed by atoms with Gasteiger partial charge in [0.25, 0.3) is 0 Å². The van der Waals surface area contributed by atoms with Gasteiger partial charge in [0.1, 0.15) is 11.6 Å². The summed E-state index contributed by atoms with van der Waals surface area (Å²) in [5.41, 5.74) is 0.676.